The van der Waals surface area contributed by atoms with E-state index in [9.17, 15) is 0 Å². The van der Waals surface area contributed by atoms with E-state index in [4.69, 9.17) is 0 Å². The van der Waals surface area contributed by atoms with Crippen molar-refractivity contribution in [3.63, 3.8) is 0 Å². The Kier molecular flexibility index (Phi) is 2.19. The third kappa shape index (κ3) is 1.50. The summed E-state index contributed by atoms with van der Waals surface area (Å²) in [7, 11) is 2.12. The van der Waals surface area contributed by atoms with Crippen molar-refractivity contribution in [2.45, 2.75) is 6.92 Å². The second kappa shape index (κ2) is 2.94. The number of nitrogens with zero attached hydrogens (tertiary/aromatic N) is 1. The fourth-order valence-electron chi connectivity index (χ4n) is 0.585. The van der Waals surface area contributed by atoms with Gasteiger partial charge in [0.2, 0.25) is 0 Å². The first-order valence-electron chi connectivity index (χ1n) is 3.07. The van der Waals surface area contributed by atoms with Crippen molar-refractivity contribution >= 4 is 16.5 Å². The number of rotatable bonds is 2. The van der Waals surface area contributed by atoms with Crippen molar-refractivity contribution in [2.24, 2.45) is 0 Å². The van der Waals surface area contributed by atoms with E-state index in [-0.39, 0.29) is 0 Å². The molecule has 1 aromatic heterocycles. The lowest BCUT2D eigenvalue weighted by Crippen LogP contribution is -3.03. The lowest BCUT2D eigenvalue weighted by Gasteiger charge is -2.03. The predicted molar refractivity (Wildman–Crippen MR) is 39.2 cm³/mol. The summed E-state index contributed by atoms with van der Waals surface area (Å²) in [5.41, 5.74) is 0. The van der Waals surface area contributed by atoms with Crippen LogP contribution in [-0.4, -0.2) is 18.6 Å². The zero-order valence-corrected chi connectivity index (χ0v) is 6.53. The minimum atomic E-state index is 1.10. The first kappa shape index (κ1) is 6.71. The highest BCUT2D eigenvalue weighted by Crippen LogP contribution is 2.02. The lowest BCUT2D eigenvalue weighted by atomic mass is 10.7. The van der Waals surface area contributed by atoms with Gasteiger partial charge in [-0.15, -0.1) is 0 Å². The van der Waals surface area contributed by atoms with Crippen LogP contribution in [-0.2, 0) is 0 Å². The summed E-state index contributed by atoms with van der Waals surface area (Å²) in [5.74, 6) is 0. The normalized spacial score (nSPS) is 13.6. The van der Waals surface area contributed by atoms with Crippen LogP contribution in [0.25, 0.3) is 0 Å². The van der Waals surface area contributed by atoms with Crippen molar-refractivity contribution < 1.29 is 4.90 Å². The molecule has 0 aliphatic carbocycles. The maximum Gasteiger partial charge on any atom is 0.284 e. The third-order valence-corrected chi connectivity index (χ3v) is 2.26. The van der Waals surface area contributed by atoms with Crippen LogP contribution >= 0.6 is 11.3 Å². The fourth-order valence-corrected chi connectivity index (χ4v) is 1.30. The first-order chi connectivity index (χ1) is 4.34. The lowest BCUT2D eigenvalue weighted by molar-refractivity contribution is -0.807. The second-order valence-electron chi connectivity index (χ2n) is 1.97. The molecule has 1 heterocycles. The van der Waals surface area contributed by atoms with E-state index in [1.807, 2.05) is 11.6 Å². The molecular formula is C6H11N2S+. The monoisotopic (exact) mass is 143 g/mol. The minimum Gasteiger partial charge on any atom is -0.279 e. The molecule has 3 heteroatoms. The van der Waals surface area contributed by atoms with Crippen molar-refractivity contribution in [3.05, 3.63) is 11.6 Å². The molecule has 9 heavy (non-hydrogen) atoms. The summed E-state index contributed by atoms with van der Waals surface area (Å²) in [4.78, 5) is 5.55. The Labute approximate surface area is 59.1 Å². The van der Waals surface area contributed by atoms with E-state index in [0.29, 0.717) is 0 Å². The zero-order chi connectivity index (χ0) is 6.69. The predicted octanol–water partition coefficient (Wildman–Crippen LogP) is 0.309. The van der Waals surface area contributed by atoms with Crippen LogP contribution in [0.2, 0.25) is 0 Å². The molecule has 0 aromatic carbocycles. The van der Waals surface area contributed by atoms with Gasteiger partial charge in [0, 0.05) is 11.6 Å². The summed E-state index contributed by atoms with van der Waals surface area (Å²) < 4.78 is 0. The summed E-state index contributed by atoms with van der Waals surface area (Å²) in [6.45, 7) is 3.25. The van der Waals surface area contributed by atoms with Gasteiger partial charge in [-0.2, -0.15) is 4.98 Å². The van der Waals surface area contributed by atoms with E-state index in [1.165, 1.54) is 10.0 Å². The van der Waals surface area contributed by atoms with Crippen LogP contribution in [0.4, 0.5) is 5.13 Å². The van der Waals surface area contributed by atoms with Crippen LogP contribution < -0.4 is 4.90 Å². The molecule has 1 rings (SSSR count). The van der Waals surface area contributed by atoms with Gasteiger partial charge in [-0.25, -0.2) is 0 Å². The number of thiazole rings is 1. The van der Waals surface area contributed by atoms with Crippen molar-refractivity contribution in [3.8, 4) is 0 Å². The Bertz CT molecular complexity index is 160. The first-order valence-corrected chi connectivity index (χ1v) is 3.95. The number of hydrogen-bond acceptors (Lipinski definition) is 2. The average molecular weight is 143 g/mol. The SMILES string of the molecule is CC[NH+](C)c1nccs1. The van der Waals surface area contributed by atoms with Crippen LogP contribution in [0.15, 0.2) is 11.6 Å². The smallest absolute Gasteiger partial charge is 0.279 e. The number of hydrogen-bond donors (Lipinski definition) is 1. The van der Waals surface area contributed by atoms with Crippen LogP contribution in [0.3, 0.4) is 0 Å². The molecule has 2 nitrogen and oxygen atoms in total. The van der Waals surface area contributed by atoms with Crippen LogP contribution in [0, 0.1) is 0 Å². The van der Waals surface area contributed by atoms with Gasteiger partial charge in [0.25, 0.3) is 5.13 Å². The van der Waals surface area contributed by atoms with Gasteiger partial charge in [-0.3, -0.25) is 4.90 Å². The van der Waals surface area contributed by atoms with E-state index in [0.717, 1.165) is 6.54 Å². The van der Waals surface area contributed by atoms with Gasteiger partial charge < -0.3 is 0 Å². The molecule has 0 bridgehead atoms. The number of quaternary nitrogens is 1. The molecular weight excluding hydrogens is 132 g/mol. The zero-order valence-electron chi connectivity index (χ0n) is 5.72. The molecule has 0 aliphatic heterocycles. The third-order valence-electron chi connectivity index (χ3n) is 1.33. The van der Waals surface area contributed by atoms with Gasteiger partial charge in [0.15, 0.2) is 0 Å². The summed E-state index contributed by atoms with van der Waals surface area (Å²) in [5, 5.41) is 3.19. The van der Waals surface area contributed by atoms with E-state index >= 15 is 0 Å². The molecule has 1 unspecified atom stereocenters. The van der Waals surface area contributed by atoms with Crippen molar-refractivity contribution in [1.29, 1.82) is 0 Å². The molecule has 1 aromatic rings. The highest BCUT2D eigenvalue weighted by atomic mass is 32.1. The highest BCUT2D eigenvalue weighted by molar-refractivity contribution is 7.12. The molecule has 0 saturated heterocycles. The summed E-state index contributed by atoms with van der Waals surface area (Å²) in [6, 6.07) is 0. The molecule has 0 aliphatic rings. The Balaban J connectivity index is 2.65. The number of aromatic nitrogens is 1. The van der Waals surface area contributed by atoms with Gasteiger partial charge in [-0.1, -0.05) is 11.3 Å². The van der Waals surface area contributed by atoms with Gasteiger partial charge in [0.1, 0.15) is 0 Å². The Morgan fingerprint density at radius 1 is 1.78 bits per heavy atom. The second-order valence-corrected chi connectivity index (χ2v) is 2.87. The summed E-state index contributed by atoms with van der Waals surface area (Å²) in [6.07, 6.45) is 1.85. The molecule has 1 atom stereocenters. The van der Waals surface area contributed by atoms with Gasteiger partial charge >= 0.3 is 0 Å². The largest absolute Gasteiger partial charge is 0.284 e. The highest BCUT2D eigenvalue weighted by Gasteiger charge is 2.03. The van der Waals surface area contributed by atoms with E-state index in [2.05, 4.69) is 19.0 Å². The molecule has 0 spiro atoms. The van der Waals surface area contributed by atoms with Crippen molar-refractivity contribution in [2.75, 3.05) is 13.6 Å². The number of nitrogens with one attached hydrogen (secondary N) is 1. The van der Waals surface area contributed by atoms with E-state index in [1.54, 1.807) is 11.3 Å². The molecule has 0 fully saturated rings. The Morgan fingerprint density at radius 2 is 2.56 bits per heavy atom. The van der Waals surface area contributed by atoms with Gasteiger partial charge in [-0.05, 0) is 6.92 Å². The van der Waals surface area contributed by atoms with E-state index < -0.39 is 0 Å². The average Bonchev–Trinajstić information content (AvgIpc) is 2.37. The summed E-state index contributed by atoms with van der Waals surface area (Å²) >= 11 is 1.71. The molecule has 1 N–H and O–H groups in total. The quantitative estimate of drug-likeness (QED) is 0.630. The Morgan fingerprint density at radius 3 is 3.00 bits per heavy atom. The molecule has 0 radical (unpaired) electrons. The van der Waals surface area contributed by atoms with Crippen molar-refractivity contribution in [1.82, 2.24) is 4.98 Å². The molecule has 50 valence electrons. The van der Waals surface area contributed by atoms with Crippen LogP contribution in [0.1, 0.15) is 6.92 Å². The maximum absolute atomic E-state index is 4.17. The molecule has 0 amide bonds. The maximum atomic E-state index is 4.17. The topological polar surface area (TPSA) is 17.3 Å². The standard InChI is InChI=1S/C6H10N2S/c1-3-8(2)6-7-4-5-9-6/h4-5H,3H2,1-2H3/p+1. The van der Waals surface area contributed by atoms with Gasteiger partial charge in [0.05, 0.1) is 13.6 Å². The molecule has 0 saturated carbocycles. The van der Waals surface area contributed by atoms with Crippen LogP contribution in [0.5, 0.6) is 0 Å². The fraction of sp³-hybridized carbons (Fsp3) is 0.500. The Hall–Kier alpha value is -0.410. The minimum absolute atomic E-state index is 1.10.